The molecule has 0 amide bonds. The zero-order valence-corrected chi connectivity index (χ0v) is 62.0. The second kappa shape index (κ2) is 64.2. The van der Waals surface area contributed by atoms with E-state index in [1.54, 1.807) is 0 Å². The molecule has 0 bridgehead atoms. The number of aliphatic hydroxyl groups excluding tert-OH is 1. The Morgan fingerprint density at radius 3 is 0.871 bits per heavy atom. The van der Waals surface area contributed by atoms with E-state index in [9.17, 15) is 43.2 Å². The molecule has 0 aromatic heterocycles. The maximum atomic E-state index is 13.1. The van der Waals surface area contributed by atoms with Crippen LogP contribution in [0.4, 0.5) is 0 Å². The van der Waals surface area contributed by atoms with Crippen LogP contribution in [0.5, 0.6) is 0 Å². The van der Waals surface area contributed by atoms with Crippen molar-refractivity contribution in [1.29, 1.82) is 0 Å². The molecule has 0 radical (unpaired) electrons. The summed E-state index contributed by atoms with van der Waals surface area (Å²) in [6.07, 6.45) is 52.4. The maximum Gasteiger partial charge on any atom is 0.472 e. The van der Waals surface area contributed by atoms with Crippen molar-refractivity contribution in [2.45, 2.75) is 369 Å². The molecule has 0 spiro atoms. The van der Waals surface area contributed by atoms with Crippen LogP contribution in [0, 0.1) is 17.8 Å². The summed E-state index contributed by atoms with van der Waals surface area (Å²) in [5.41, 5.74) is 0. The molecule has 0 aromatic carbocycles. The molecule has 0 rings (SSSR count). The number of aliphatic hydroxyl groups is 1. The standard InChI is InChI=1S/C74H140O17P2/c1-8-9-10-11-12-13-14-15-17-22-25-28-35-43-50-57-73(78)90-69(61-84-71(76)55-48-41-33-27-24-21-19-16-18-20-23-26-31-38-45-52-65(2)3)63-88-92(80,81)86-59-68(75)60-87-93(82,83)89-64-70(91-74(79)58-51-44-37-36-40-47-54-67(6)7)62-85-72(77)56-49-42-34-30-29-32-39-46-53-66(4)5/h13-15,17,65-70,75H,8-12,16,18-64H2,1-7H3,(H,80,81)(H,82,83)/b14-13-,17-15-/t68?,69-,70-/m1/s1. The molecular weight excluding hydrogens is 1220 g/mol. The van der Waals surface area contributed by atoms with Gasteiger partial charge < -0.3 is 33.8 Å². The smallest absolute Gasteiger partial charge is 0.462 e. The van der Waals surface area contributed by atoms with Gasteiger partial charge in [-0.3, -0.25) is 37.3 Å². The molecule has 0 fully saturated rings. The topological polar surface area (TPSA) is 237 Å². The third-order valence-electron chi connectivity index (χ3n) is 16.5. The molecule has 3 N–H and O–H groups in total. The number of carbonyl (C=O) groups is 4. The van der Waals surface area contributed by atoms with Gasteiger partial charge in [0.05, 0.1) is 26.4 Å². The van der Waals surface area contributed by atoms with Crippen LogP contribution in [-0.4, -0.2) is 96.7 Å². The van der Waals surface area contributed by atoms with Gasteiger partial charge >= 0.3 is 39.5 Å². The Bertz CT molecular complexity index is 1910. The Hall–Kier alpha value is -2.46. The van der Waals surface area contributed by atoms with Gasteiger partial charge in [0.15, 0.2) is 12.2 Å². The van der Waals surface area contributed by atoms with Crippen molar-refractivity contribution >= 4 is 39.5 Å². The number of hydrogen-bond donors (Lipinski definition) is 3. The number of allylic oxidation sites excluding steroid dienone is 4. The fraction of sp³-hybridized carbons (Fsp3) is 0.892. The summed E-state index contributed by atoms with van der Waals surface area (Å²) in [4.78, 5) is 72.6. The molecule has 93 heavy (non-hydrogen) atoms. The van der Waals surface area contributed by atoms with Crippen molar-refractivity contribution in [3.63, 3.8) is 0 Å². The van der Waals surface area contributed by atoms with Crippen molar-refractivity contribution in [2.75, 3.05) is 39.6 Å². The summed E-state index contributed by atoms with van der Waals surface area (Å²) in [7, 11) is -9.92. The highest BCUT2D eigenvalue weighted by molar-refractivity contribution is 7.47. The zero-order valence-electron chi connectivity index (χ0n) is 60.2. The first-order chi connectivity index (χ1) is 44.7. The van der Waals surface area contributed by atoms with Gasteiger partial charge in [-0.1, -0.05) is 297 Å². The van der Waals surface area contributed by atoms with Gasteiger partial charge in [0.1, 0.15) is 19.3 Å². The number of ether oxygens (including phenoxy) is 4. The minimum absolute atomic E-state index is 0.0847. The first-order valence-electron chi connectivity index (χ1n) is 37.7. The lowest BCUT2D eigenvalue weighted by Crippen LogP contribution is -2.30. The SMILES string of the molecule is CCCCCC/C=C\C=C/CCCCCCCC(=O)O[C@H](COC(=O)CCCCCCCCCCCCCCCCCC(C)C)COP(=O)(O)OCC(O)COP(=O)(O)OC[C@@H](COC(=O)CCCCCCCCCCC(C)C)OC(=O)CCCCCCCCC(C)C. The Kier molecular flexibility index (Phi) is 62.5. The third kappa shape index (κ3) is 67.9. The van der Waals surface area contributed by atoms with Crippen LogP contribution in [0.25, 0.3) is 0 Å². The van der Waals surface area contributed by atoms with Crippen molar-refractivity contribution in [3.05, 3.63) is 24.3 Å². The number of phosphoric acid groups is 2. The highest BCUT2D eigenvalue weighted by atomic mass is 31.2. The predicted octanol–water partition coefficient (Wildman–Crippen LogP) is 21.0. The lowest BCUT2D eigenvalue weighted by atomic mass is 10.0. The summed E-state index contributed by atoms with van der Waals surface area (Å²) >= 11 is 0. The van der Waals surface area contributed by atoms with Gasteiger partial charge in [-0.25, -0.2) is 9.13 Å². The van der Waals surface area contributed by atoms with Crippen LogP contribution in [0.1, 0.15) is 350 Å². The van der Waals surface area contributed by atoms with Gasteiger partial charge in [-0.2, -0.15) is 0 Å². The van der Waals surface area contributed by atoms with E-state index in [1.165, 1.54) is 148 Å². The fourth-order valence-electron chi connectivity index (χ4n) is 10.7. The van der Waals surface area contributed by atoms with Crippen LogP contribution < -0.4 is 0 Å². The van der Waals surface area contributed by atoms with Gasteiger partial charge in [0.25, 0.3) is 0 Å². The van der Waals surface area contributed by atoms with E-state index in [0.29, 0.717) is 31.6 Å². The van der Waals surface area contributed by atoms with Gasteiger partial charge in [0.2, 0.25) is 0 Å². The average Bonchev–Trinajstić information content (AvgIpc) is 2.83. The largest absolute Gasteiger partial charge is 0.472 e. The van der Waals surface area contributed by atoms with E-state index in [1.807, 2.05) is 0 Å². The third-order valence-corrected chi connectivity index (χ3v) is 18.4. The van der Waals surface area contributed by atoms with Crippen LogP contribution >= 0.6 is 15.6 Å². The summed E-state index contributed by atoms with van der Waals surface area (Å²) in [5, 5.41) is 10.6. The number of unbranched alkanes of at least 4 members (excludes halogenated alkanes) is 35. The van der Waals surface area contributed by atoms with E-state index >= 15 is 0 Å². The molecule has 0 saturated carbocycles. The van der Waals surface area contributed by atoms with Gasteiger partial charge in [-0.15, -0.1) is 0 Å². The summed E-state index contributed by atoms with van der Waals surface area (Å²) in [6.45, 7) is 11.7. The highest BCUT2D eigenvalue weighted by Crippen LogP contribution is 2.45. The first-order valence-corrected chi connectivity index (χ1v) is 40.7. The van der Waals surface area contributed by atoms with Crippen molar-refractivity contribution < 1.29 is 80.2 Å². The number of carbonyl (C=O) groups excluding carboxylic acids is 4. The number of phosphoric ester groups is 2. The van der Waals surface area contributed by atoms with Crippen molar-refractivity contribution in [1.82, 2.24) is 0 Å². The van der Waals surface area contributed by atoms with Crippen LogP contribution in [0.2, 0.25) is 0 Å². The predicted molar refractivity (Wildman–Crippen MR) is 377 cm³/mol. The van der Waals surface area contributed by atoms with E-state index in [4.69, 9.17) is 37.0 Å². The normalized spacial score (nSPS) is 14.3. The Morgan fingerprint density at radius 1 is 0.333 bits per heavy atom. The van der Waals surface area contributed by atoms with E-state index in [0.717, 1.165) is 115 Å². The maximum absolute atomic E-state index is 13.1. The van der Waals surface area contributed by atoms with Crippen molar-refractivity contribution in [3.8, 4) is 0 Å². The molecular formula is C74H140O17P2. The molecule has 0 aliphatic carbocycles. The second-order valence-corrected chi connectivity index (χ2v) is 30.3. The monoisotopic (exact) mass is 1360 g/mol. The minimum atomic E-state index is -4.96. The van der Waals surface area contributed by atoms with E-state index in [-0.39, 0.29) is 25.7 Å². The molecule has 0 saturated heterocycles. The van der Waals surface area contributed by atoms with Crippen LogP contribution in [0.15, 0.2) is 24.3 Å². The average molecular weight is 1360 g/mol. The fourth-order valence-corrected chi connectivity index (χ4v) is 12.3. The van der Waals surface area contributed by atoms with Gasteiger partial charge in [-0.05, 0) is 69.1 Å². The molecule has 548 valence electrons. The molecule has 0 heterocycles. The lowest BCUT2D eigenvalue weighted by Gasteiger charge is -2.21. The molecule has 0 aliphatic heterocycles. The molecule has 19 heteroatoms. The Balaban J connectivity index is 5.25. The highest BCUT2D eigenvalue weighted by Gasteiger charge is 2.30. The number of esters is 4. The summed E-state index contributed by atoms with van der Waals surface area (Å²) in [5.74, 6) is 0.0399. The van der Waals surface area contributed by atoms with Gasteiger partial charge in [0, 0.05) is 25.7 Å². The first kappa shape index (κ1) is 90.5. The second-order valence-electron chi connectivity index (χ2n) is 27.4. The summed E-state index contributed by atoms with van der Waals surface area (Å²) in [6, 6.07) is 0. The molecule has 5 atom stereocenters. The van der Waals surface area contributed by atoms with Crippen molar-refractivity contribution in [2.24, 2.45) is 17.8 Å². The zero-order chi connectivity index (χ0) is 68.7. The van der Waals surface area contributed by atoms with E-state index in [2.05, 4.69) is 72.8 Å². The Morgan fingerprint density at radius 2 is 0.581 bits per heavy atom. The number of hydrogen-bond acceptors (Lipinski definition) is 15. The van der Waals surface area contributed by atoms with Crippen LogP contribution in [-0.2, 0) is 65.4 Å². The quantitative estimate of drug-likeness (QED) is 0.0169. The summed E-state index contributed by atoms with van der Waals surface area (Å²) < 4.78 is 68.3. The van der Waals surface area contributed by atoms with Crippen LogP contribution in [0.3, 0.4) is 0 Å². The molecule has 3 unspecified atom stereocenters. The minimum Gasteiger partial charge on any atom is -0.462 e. The molecule has 17 nitrogen and oxygen atoms in total. The Labute approximate surface area is 567 Å². The lowest BCUT2D eigenvalue weighted by molar-refractivity contribution is -0.161. The van der Waals surface area contributed by atoms with E-state index < -0.39 is 97.5 Å². The number of rotatable bonds is 70. The molecule has 0 aliphatic rings. The molecule has 0 aromatic rings.